The van der Waals surface area contributed by atoms with Crippen LogP contribution in [0.15, 0.2) is 54.6 Å². The van der Waals surface area contributed by atoms with Gasteiger partial charge in [0.05, 0.1) is 6.10 Å². The van der Waals surface area contributed by atoms with Crippen LogP contribution in [0, 0.1) is 0 Å². The molecule has 0 spiro atoms. The molecule has 110 valence electrons. The first-order chi connectivity index (χ1) is 10.1. The van der Waals surface area contributed by atoms with Gasteiger partial charge in [-0.3, -0.25) is 4.79 Å². The molecule has 1 N–H and O–H groups in total. The van der Waals surface area contributed by atoms with E-state index < -0.39 is 0 Å². The van der Waals surface area contributed by atoms with Crippen LogP contribution in [0.2, 0.25) is 0 Å². The largest absolute Gasteiger partial charge is 0.491 e. The molecule has 3 heteroatoms. The quantitative estimate of drug-likeness (QED) is 0.868. The van der Waals surface area contributed by atoms with Crippen LogP contribution in [0.3, 0.4) is 0 Å². The molecule has 2 rings (SSSR count). The SMILES string of the molecule is CC(C)Oc1cccc(NC(=O)CCc2ccccc2)c1. The molecule has 0 aliphatic rings. The van der Waals surface area contributed by atoms with Crippen LogP contribution in [0.4, 0.5) is 5.69 Å². The Morgan fingerprint density at radius 2 is 1.86 bits per heavy atom. The number of carbonyl (C=O) groups excluding carboxylic acids is 1. The summed E-state index contributed by atoms with van der Waals surface area (Å²) in [5.74, 6) is 0.784. The van der Waals surface area contributed by atoms with Crippen LogP contribution < -0.4 is 10.1 Å². The molecule has 21 heavy (non-hydrogen) atoms. The maximum absolute atomic E-state index is 12.0. The summed E-state index contributed by atoms with van der Waals surface area (Å²) in [4.78, 5) is 12.0. The van der Waals surface area contributed by atoms with Crippen molar-refractivity contribution in [3.05, 3.63) is 60.2 Å². The highest BCUT2D eigenvalue weighted by Crippen LogP contribution is 2.18. The van der Waals surface area contributed by atoms with Crippen LogP contribution in [0.5, 0.6) is 5.75 Å². The first-order valence-electron chi connectivity index (χ1n) is 7.24. The molecule has 0 atom stereocenters. The fraction of sp³-hybridized carbons (Fsp3) is 0.278. The van der Waals surface area contributed by atoms with Crippen molar-refractivity contribution in [2.24, 2.45) is 0 Å². The van der Waals surface area contributed by atoms with E-state index in [0.29, 0.717) is 6.42 Å². The number of hydrogen-bond donors (Lipinski definition) is 1. The molecule has 0 aromatic heterocycles. The lowest BCUT2D eigenvalue weighted by molar-refractivity contribution is -0.116. The van der Waals surface area contributed by atoms with Gasteiger partial charge in [0, 0.05) is 18.2 Å². The first-order valence-corrected chi connectivity index (χ1v) is 7.24. The third kappa shape index (κ3) is 5.30. The second-order valence-electron chi connectivity index (χ2n) is 5.23. The fourth-order valence-corrected chi connectivity index (χ4v) is 2.05. The average molecular weight is 283 g/mol. The molecule has 0 saturated heterocycles. The maximum atomic E-state index is 12.0. The molecule has 0 aliphatic carbocycles. The summed E-state index contributed by atoms with van der Waals surface area (Å²) in [6, 6.07) is 17.5. The van der Waals surface area contributed by atoms with Gasteiger partial charge in [-0.2, -0.15) is 0 Å². The van der Waals surface area contributed by atoms with Crippen LogP contribution in [-0.4, -0.2) is 12.0 Å². The van der Waals surface area contributed by atoms with E-state index in [1.54, 1.807) is 0 Å². The number of amides is 1. The van der Waals surface area contributed by atoms with Gasteiger partial charge in [-0.1, -0.05) is 36.4 Å². The van der Waals surface area contributed by atoms with Gasteiger partial charge < -0.3 is 10.1 Å². The van der Waals surface area contributed by atoms with Crippen molar-refractivity contribution in [2.75, 3.05) is 5.32 Å². The predicted molar refractivity (Wildman–Crippen MR) is 85.6 cm³/mol. The van der Waals surface area contributed by atoms with Gasteiger partial charge in [0.1, 0.15) is 5.75 Å². The monoisotopic (exact) mass is 283 g/mol. The van der Waals surface area contributed by atoms with E-state index in [-0.39, 0.29) is 12.0 Å². The predicted octanol–water partition coefficient (Wildman–Crippen LogP) is 4.05. The summed E-state index contributed by atoms with van der Waals surface area (Å²) < 4.78 is 5.61. The van der Waals surface area contributed by atoms with E-state index in [4.69, 9.17) is 4.74 Å². The molecule has 0 saturated carbocycles. The van der Waals surface area contributed by atoms with Crippen molar-refractivity contribution in [3.63, 3.8) is 0 Å². The zero-order chi connectivity index (χ0) is 15.1. The molecule has 2 aromatic carbocycles. The highest BCUT2D eigenvalue weighted by Gasteiger charge is 2.05. The Labute approximate surface area is 126 Å². The number of ether oxygens (including phenoxy) is 1. The van der Waals surface area contributed by atoms with Gasteiger partial charge >= 0.3 is 0 Å². The smallest absolute Gasteiger partial charge is 0.224 e. The topological polar surface area (TPSA) is 38.3 Å². The highest BCUT2D eigenvalue weighted by atomic mass is 16.5. The van der Waals surface area contributed by atoms with Gasteiger partial charge in [-0.15, -0.1) is 0 Å². The lowest BCUT2D eigenvalue weighted by Gasteiger charge is -2.11. The van der Waals surface area contributed by atoms with Gasteiger partial charge in [-0.25, -0.2) is 0 Å². The van der Waals surface area contributed by atoms with E-state index in [9.17, 15) is 4.79 Å². The molecule has 0 aliphatic heterocycles. The van der Waals surface area contributed by atoms with Gasteiger partial charge in [0.15, 0.2) is 0 Å². The number of carbonyl (C=O) groups is 1. The number of anilines is 1. The molecule has 2 aromatic rings. The first kappa shape index (κ1) is 15.1. The third-order valence-electron chi connectivity index (χ3n) is 2.97. The van der Waals surface area contributed by atoms with E-state index in [1.165, 1.54) is 5.56 Å². The number of rotatable bonds is 6. The molecule has 0 heterocycles. The summed E-state index contributed by atoms with van der Waals surface area (Å²) in [6.45, 7) is 3.95. The van der Waals surface area contributed by atoms with Crippen LogP contribution >= 0.6 is 0 Å². The van der Waals surface area contributed by atoms with Crippen LogP contribution in [-0.2, 0) is 11.2 Å². The second-order valence-corrected chi connectivity index (χ2v) is 5.23. The Morgan fingerprint density at radius 3 is 2.57 bits per heavy atom. The van der Waals surface area contributed by atoms with E-state index in [0.717, 1.165) is 17.9 Å². The molecule has 3 nitrogen and oxygen atoms in total. The van der Waals surface area contributed by atoms with E-state index in [2.05, 4.69) is 5.32 Å². The summed E-state index contributed by atoms with van der Waals surface area (Å²) in [5, 5.41) is 2.91. The van der Waals surface area contributed by atoms with Gasteiger partial charge in [0.25, 0.3) is 0 Å². The maximum Gasteiger partial charge on any atom is 0.224 e. The fourth-order valence-electron chi connectivity index (χ4n) is 2.05. The highest BCUT2D eigenvalue weighted by molar-refractivity contribution is 5.91. The summed E-state index contributed by atoms with van der Waals surface area (Å²) in [5.41, 5.74) is 1.94. The molecular formula is C18H21NO2. The summed E-state index contributed by atoms with van der Waals surface area (Å²) in [6.07, 6.45) is 1.34. The molecule has 1 amide bonds. The number of hydrogen-bond acceptors (Lipinski definition) is 2. The van der Waals surface area contributed by atoms with Crippen LogP contribution in [0.25, 0.3) is 0 Å². The summed E-state index contributed by atoms with van der Waals surface area (Å²) >= 11 is 0. The third-order valence-corrected chi connectivity index (χ3v) is 2.97. The van der Waals surface area contributed by atoms with Crippen molar-refractivity contribution < 1.29 is 9.53 Å². The lowest BCUT2D eigenvalue weighted by Crippen LogP contribution is -2.12. The number of nitrogens with one attached hydrogen (secondary N) is 1. The number of benzene rings is 2. The Balaban J connectivity index is 1.87. The van der Waals surface area contributed by atoms with Gasteiger partial charge in [-0.05, 0) is 38.0 Å². The van der Waals surface area contributed by atoms with Crippen LogP contribution in [0.1, 0.15) is 25.8 Å². The number of aryl methyl sites for hydroxylation is 1. The van der Waals surface area contributed by atoms with Gasteiger partial charge in [0.2, 0.25) is 5.91 Å². The van der Waals surface area contributed by atoms with Crippen molar-refractivity contribution in [1.82, 2.24) is 0 Å². The Morgan fingerprint density at radius 1 is 1.10 bits per heavy atom. The normalized spacial score (nSPS) is 10.4. The van der Waals surface area contributed by atoms with E-state index >= 15 is 0 Å². The van der Waals surface area contributed by atoms with Crippen molar-refractivity contribution in [2.45, 2.75) is 32.8 Å². The molecule has 0 unspecified atom stereocenters. The summed E-state index contributed by atoms with van der Waals surface area (Å²) in [7, 11) is 0. The Hall–Kier alpha value is -2.29. The molecule has 0 radical (unpaired) electrons. The Bertz CT molecular complexity index is 579. The van der Waals surface area contributed by atoms with Crippen molar-refractivity contribution in [3.8, 4) is 5.75 Å². The lowest BCUT2D eigenvalue weighted by atomic mass is 10.1. The van der Waals surface area contributed by atoms with Crippen molar-refractivity contribution >= 4 is 11.6 Å². The minimum Gasteiger partial charge on any atom is -0.491 e. The zero-order valence-corrected chi connectivity index (χ0v) is 12.5. The van der Waals surface area contributed by atoms with E-state index in [1.807, 2.05) is 68.4 Å². The Kier molecular flexibility index (Phi) is 5.38. The van der Waals surface area contributed by atoms with Crippen molar-refractivity contribution in [1.29, 1.82) is 0 Å². The molecule has 0 fully saturated rings. The second kappa shape index (κ2) is 7.48. The minimum atomic E-state index is 0.0144. The molecule has 0 bridgehead atoms. The minimum absolute atomic E-state index is 0.0144. The standard InChI is InChI=1S/C18H21NO2/c1-14(2)21-17-10-6-9-16(13-17)19-18(20)12-11-15-7-4-3-5-8-15/h3-10,13-14H,11-12H2,1-2H3,(H,19,20). The zero-order valence-electron chi connectivity index (χ0n) is 12.5. The molecular weight excluding hydrogens is 262 g/mol. The average Bonchev–Trinajstić information content (AvgIpc) is 2.46.